The van der Waals surface area contributed by atoms with Crippen LogP contribution in [-0.4, -0.2) is 34.7 Å². The van der Waals surface area contributed by atoms with Gasteiger partial charge < -0.3 is 10.4 Å². The topological polar surface area (TPSA) is 35.5 Å². The van der Waals surface area contributed by atoms with Gasteiger partial charge in [-0.3, -0.25) is 4.90 Å². The van der Waals surface area contributed by atoms with Crippen molar-refractivity contribution in [2.45, 2.75) is 50.9 Å². The molecule has 104 valence electrons. The van der Waals surface area contributed by atoms with E-state index in [1.54, 1.807) is 0 Å². The van der Waals surface area contributed by atoms with Crippen LogP contribution in [0.4, 0.5) is 0 Å². The van der Waals surface area contributed by atoms with Gasteiger partial charge in [-0.1, -0.05) is 31.2 Å². The molecule has 3 rings (SSSR count). The van der Waals surface area contributed by atoms with Crippen LogP contribution in [0.2, 0.25) is 0 Å². The number of rotatable bonds is 4. The van der Waals surface area contributed by atoms with Crippen LogP contribution in [0, 0.1) is 0 Å². The van der Waals surface area contributed by atoms with Crippen molar-refractivity contribution < 1.29 is 5.11 Å². The second kappa shape index (κ2) is 5.23. The standard InChI is InChI=1S/C16H24N2O/c1-2-17-16(12-19)8-7-15(9-16)18-10-13-5-3-4-6-14(13)11-18/h3-6,15,17,19H,2,7-12H2,1H3. The zero-order chi connectivity index (χ0) is 13.3. The summed E-state index contributed by atoms with van der Waals surface area (Å²) < 4.78 is 0. The highest BCUT2D eigenvalue weighted by Gasteiger charge is 2.41. The molecule has 1 saturated carbocycles. The van der Waals surface area contributed by atoms with Crippen molar-refractivity contribution in [3.63, 3.8) is 0 Å². The molecule has 2 atom stereocenters. The summed E-state index contributed by atoms with van der Waals surface area (Å²) in [7, 11) is 0. The van der Waals surface area contributed by atoms with Gasteiger partial charge in [-0.2, -0.15) is 0 Å². The average Bonchev–Trinajstić information content (AvgIpc) is 3.03. The number of nitrogens with zero attached hydrogens (tertiary/aromatic N) is 1. The first kappa shape index (κ1) is 13.1. The Labute approximate surface area is 115 Å². The van der Waals surface area contributed by atoms with Crippen molar-refractivity contribution in [1.29, 1.82) is 0 Å². The van der Waals surface area contributed by atoms with Gasteiger partial charge in [0.25, 0.3) is 0 Å². The molecule has 1 aliphatic heterocycles. The van der Waals surface area contributed by atoms with Crippen LogP contribution in [0.5, 0.6) is 0 Å². The van der Waals surface area contributed by atoms with E-state index in [9.17, 15) is 5.11 Å². The molecule has 0 bridgehead atoms. The number of aliphatic hydroxyl groups excluding tert-OH is 1. The zero-order valence-corrected chi connectivity index (χ0v) is 11.7. The molecule has 0 spiro atoms. The van der Waals surface area contributed by atoms with Crippen molar-refractivity contribution in [2.24, 2.45) is 0 Å². The molecule has 0 amide bonds. The van der Waals surface area contributed by atoms with E-state index in [2.05, 4.69) is 41.4 Å². The monoisotopic (exact) mass is 260 g/mol. The van der Waals surface area contributed by atoms with E-state index in [1.807, 2.05) is 0 Å². The predicted octanol–water partition coefficient (Wildman–Crippen LogP) is 1.90. The number of hydrogen-bond acceptors (Lipinski definition) is 3. The highest BCUT2D eigenvalue weighted by atomic mass is 16.3. The molecule has 1 aromatic rings. The van der Waals surface area contributed by atoms with Gasteiger partial charge in [0.15, 0.2) is 0 Å². The molecule has 19 heavy (non-hydrogen) atoms. The Kier molecular flexibility index (Phi) is 3.61. The van der Waals surface area contributed by atoms with E-state index in [4.69, 9.17) is 0 Å². The first-order chi connectivity index (χ1) is 9.26. The van der Waals surface area contributed by atoms with Crippen LogP contribution in [0.3, 0.4) is 0 Å². The van der Waals surface area contributed by atoms with Gasteiger partial charge in [-0.05, 0) is 36.9 Å². The Morgan fingerprint density at radius 3 is 2.58 bits per heavy atom. The maximum absolute atomic E-state index is 9.70. The van der Waals surface area contributed by atoms with Gasteiger partial charge in [0.2, 0.25) is 0 Å². The summed E-state index contributed by atoms with van der Waals surface area (Å²) in [6.07, 6.45) is 3.36. The minimum Gasteiger partial charge on any atom is -0.394 e. The molecule has 0 saturated heterocycles. The van der Waals surface area contributed by atoms with Crippen molar-refractivity contribution in [3.8, 4) is 0 Å². The fourth-order valence-electron chi connectivity index (χ4n) is 3.76. The number of nitrogens with one attached hydrogen (secondary N) is 1. The van der Waals surface area contributed by atoms with Crippen LogP contribution in [0.15, 0.2) is 24.3 Å². The van der Waals surface area contributed by atoms with Crippen LogP contribution < -0.4 is 5.32 Å². The van der Waals surface area contributed by atoms with E-state index in [1.165, 1.54) is 17.5 Å². The van der Waals surface area contributed by atoms with Crippen molar-refractivity contribution in [1.82, 2.24) is 10.2 Å². The molecule has 1 fully saturated rings. The molecule has 1 aromatic carbocycles. The van der Waals surface area contributed by atoms with Gasteiger partial charge >= 0.3 is 0 Å². The number of hydrogen-bond donors (Lipinski definition) is 2. The summed E-state index contributed by atoms with van der Waals surface area (Å²) in [4.78, 5) is 2.58. The lowest BCUT2D eigenvalue weighted by Gasteiger charge is -2.30. The second-order valence-corrected chi connectivity index (χ2v) is 6.04. The third-order valence-corrected chi connectivity index (χ3v) is 4.82. The Morgan fingerprint density at radius 2 is 2.00 bits per heavy atom. The summed E-state index contributed by atoms with van der Waals surface area (Å²) in [5.41, 5.74) is 2.92. The Hall–Kier alpha value is -0.900. The normalized spacial score (nSPS) is 30.7. The van der Waals surface area contributed by atoms with Crippen molar-refractivity contribution in [3.05, 3.63) is 35.4 Å². The van der Waals surface area contributed by atoms with Crippen LogP contribution in [0.25, 0.3) is 0 Å². The Balaban J connectivity index is 1.67. The third-order valence-electron chi connectivity index (χ3n) is 4.82. The number of likely N-dealkylation sites (N-methyl/N-ethyl adjacent to an activating group) is 1. The zero-order valence-electron chi connectivity index (χ0n) is 11.7. The van der Waals surface area contributed by atoms with Crippen molar-refractivity contribution in [2.75, 3.05) is 13.2 Å². The molecule has 2 N–H and O–H groups in total. The Bertz CT molecular complexity index is 423. The van der Waals surface area contributed by atoms with E-state index in [0.29, 0.717) is 6.04 Å². The van der Waals surface area contributed by atoms with E-state index >= 15 is 0 Å². The summed E-state index contributed by atoms with van der Waals surface area (Å²) >= 11 is 0. The number of benzene rings is 1. The van der Waals surface area contributed by atoms with E-state index < -0.39 is 0 Å². The number of aliphatic hydroxyl groups is 1. The van der Waals surface area contributed by atoms with Gasteiger partial charge in [-0.25, -0.2) is 0 Å². The minimum absolute atomic E-state index is 0.0335. The largest absolute Gasteiger partial charge is 0.394 e. The van der Waals surface area contributed by atoms with Gasteiger partial charge in [0.1, 0.15) is 0 Å². The SMILES string of the molecule is CCNC1(CO)CCC(N2Cc3ccccc3C2)C1. The van der Waals surface area contributed by atoms with E-state index in [-0.39, 0.29) is 12.1 Å². The highest BCUT2D eigenvalue weighted by Crippen LogP contribution is 2.36. The summed E-state index contributed by atoms with van der Waals surface area (Å²) in [6.45, 7) is 5.48. The molecule has 1 aliphatic carbocycles. The van der Waals surface area contributed by atoms with Gasteiger partial charge in [-0.15, -0.1) is 0 Å². The number of fused-ring (bicyclic) bond motifs is 1. The summed E-state index contributed by atoms with van der Waals surface area (Å²) in [6, 6.07) is 9.36. The summed E-state index contributed by atoms with van der Waals surface area (Å²) in [5, 5.41) is 13.2. The lowest BCUT2D eigenvalue weighted by Crippen LogP contribution is -2.47. The molecular formula is C16H24N2O. The third kappa shape index (κ3) is 2.42. The molecule has 0 aromatic heterocycles. The minimum atomic E-state index is -0.0335. The summed E-state index contributed by atoms with van der Waals surface area (Å²) in [5.74, 6) is 0. The molecule has 3 heteroatoms. The maximum Gasteiger partial charge on any atom is 0.0613 e. The Morgan fingerprint density at radius 1 is 1.32 bits per heavy atom. The average molecular weight is 260 g/mol. The van der Waals surface area contributed by atoms with Crippen molar-refractivity contribution >= 4 is 0 Å². The quantitative estimate of drug-likeness (QED) is 0.868. The van der Waals surface area contributed by atoms with Crippen LogP contribution in [-0.2, 0) is 13.1 Å². The fraction of sp³-hybridized carbons (Fsp3) is 0.625. The highest BCUT2D eigenvalue weighted by molar-refractivity contribution is 5.30. The first-order valence-corrected chi connectivity index (χ1v) is 7.43. The molecule has 2 unspecified atom stereocenters. The fourth-order valence-corrected chi connectivity index (χ4v) is 3.76. The molecule has 3 nitrogen and oxygen atoms in total. The predicted molar refractivity (Wildman–Crippen MR) is 76.8 cm³/mol. The van der Waals surface area contributed by atoms with Crippen LogP contribution in [0.1, 0.15) is 37.3 Å². The molecular weight excluding hydrogens is 236 g/mol. The lowest BCUT2D eigenvalue weighted by molar-refractivity contribution is 0.143. The lowest BCUT2D eigenvalue weighted by atomic mass is 9.98. The van der Waals surface area contributed by atoms with Gasteiger partial charge in [0.05, 0.1) is 6.61 Å². The second-order valence-electron chi connectivity index (χ2n) is 6.04. The van der Waals surface area contributed by atoms with Gasteiger partial charge in [0, 0.05) is 24.7 Å². The molecule has 0 radical (unpaired) electrons. The smallest absolute Gasteiger partial charge is 0.0613 e. The van der Waals surface area contributed by atoms with E-state index in [0.717, 1.165) is 32.5 Å². The first-order valence-electron chi connectivity index (χ1n) is 7.43. The molecule has 2 aliphatic rings. The molecule has 1 heterocycles. The maximum atomic E-state index is 9.70. The van der Waals surface area contributed by atoms with Crippen LogP contribution >= 0.6 is 0 Å².